The Morgan fingerprint density at radius 2 is 2.07 bits per heavy atom. The zero-order chi connectivity index (χ0) is 19.9. The van der Waals surface area contributed by atoms with E-state index in [9.17, 15) is 4.79 Å². The molecule has 27 heavy (non-hydrogen) atoms. The fourth-order valence-electron chi connectivity index (χ4n) is 2.56. The van der Waals surface area contributed by atoms with Crippen LogP contribution in [0, 0.1) is 0 Å². The van der Waals surface area contributed by atoms with Crippen LogP contribution in [0.2, 0.25) is 0 Å². The first-order valence-corrected chi connectivity index (χ1v) is 9.75. The van der Waals surface area contributed by atoms with Crippen molar-refractivity contribution in [1.29, 1.82) is 0 Å². The summed E-state index contributed by atoms with van der Waals surface area (Å²) in [6, 6.07) is 7.63. The van der Waals surface area contributed by atoms with Gasteiger partial charge in [-0.1, -0.05) is 37.7 Å². The molecule has 1 aliphatic heterocycles. The molecule has 0 spiro atoms. The normalized spacial score (nSPS) is 18.6. The van der Waals surface area contributed by atoms with E-state index in [1.54, 1.807) is 11.8 Å². The van der Waals surface area contributed by atoms with Crippen LogP contribution >= 0.6 is 11.8 Å². The second kappa shape index (κ2) is 9.36. The summed E-state index contributed by atoms with van der Waals surface area (Å²) in [6.45, 7) is 6.05. The molecule has 2 aromatic rings. The summed E-state index contributed by atoms with van der Waals surface area (Å²) in [4.78, 5) is 24.9. The van der Waals surface area contributed by atoms with E-state index in [4.69, 9.17) is 10.5 Å². The van der Waals surface area contributed by atoms with Crippen molar-refractivity contribution in [3.8, 4) is 5.88 Å². The van der Waals surface area contributed by atoms with Gasteiger partial charge in [-0.15, -0.1) is 0 Å². The minimum atomic E-state index is -0.379. The molecule has 0 radical (unpaired) electrons. The number of ether oxygens (including phenoxy) is 1. The lowest BCUT2D eigenvalue weighted by Gasteiger charge is -2.30. The van der Waals surface area contributed by atoms with Crippen LogP contribution in [0.5, 0.6) is 5.88 Å². The number of aliphatic imine (C=N–C) groups is 1. The summed E-state index contributed by atoms with van der Waals surface area (Å²) < 4.78 is 4.94. The van der Waals surface area contributed by atoms with E-state index in [-0.39, 0.29) is 17.1 Å². The van der Waals surface area contributed by atoms with E-state index in [1.807, 2.05) is 38.1 Å². The smallest absolute Gasteiger partial charge is 0.275 e. The lowest BCUT2D eigenvalue weighted by Crippen LogP contribution is -2.28. The van der Waals surface area contributed by atoms with Crippen molar-refractivity contribution in [2.75, 3.05) is 18.2 Å². The molecule has 1 aromatic carbocycles. The molecular formula is C19H25N5O2S. The number of hydrogen-bond acceptors (Lipinski definition) is 7. The van der Waals surface area contributed by atoms with Crippen LogP contribution in [-0.4, -0.2) is 33.9 Å². The molecule has 1 amide bonds. The summed E-state index contributed by atoms with van der Waals surface area (Å²) in [7, 11) is 1.49. The Morgan fingerprint density at radius 3 is 2.70 bits per heavy atom. The van der Waals surface area contributed by atoms with Gasteiger partial charge in [0, 0.05) is 11.4 Å². The van der Waals surface area contributed by atoms with Gasteiger partial charge >= 0.3 is 0 Å². The zero-order valence-electron chi connectivity index (χ0n) is 16.0. The molecule has 0 saturated heterocycles. The van der Waals surface area contributed by atoms with Gasteiger partial charge in [-0.05, 0) is 31.0 Å². The zero-order valence-corrected chi connectivity index (χ0v) is 16.8. The quantitative estimate of drug-likeness (QED) is 0.833. The molecule has 1 aromatic heterocycles. The van der Waals surface area contributed by atoms with Crippen LogP contribution in [0.1, 0.15) is 43.2 Å². The molecule has 144 valence electrons. The van der Waals surface area contributed by atoms with Crippen molar-refractivity contribution in [2.45, 2.75) is 32.7 Å². The first-order valence-electron chi connectivity index (χ1n) is 8.76. The standard InChI is InChI=1S/C17H19N5O2S.C2H6/c1-17(6-7-25-16(18)22-17)11-4-3-5-12(8-11)21-15(23)13-9-20-14(24-2)10-19-13;1-2/h3-5,8-10H,6-7H2,1-2H3,(H2,18,22)(H,21,23);1-2H3/t17-;/m0./s1. The number of aromatic nitrogens is 2. The van der Waals surface area contributed by atoms with Gasteiger partial charge in [-0.25, -0.2) is 9.97 Å². The molecule has 7 nitrogen and oxygen atoms in total. The molecule has 1 atom stereocenters. The van der Waals surface area contributed by atoms with Crippen LogP contribution in [0.25, 0.3) is 0 Å². The Balaban J connectivity index is 0.00000126. The third-order valence-electron chi connectivity index (χ3n) is 4.01. The molecule has 1 aliphatic rings. The maximum absolute atomic E-state index is 12.3. The molecule has 0 bridgehead atoms. The molecule has 2 heterocycles. The van der Waals surface area contributed by atoms with Crippen molar-refractivity contribution in [3.63, 3.8) is 0 Å². The average molecular weight is 388 g/mol. The van der Waals surface area contributed by atoms with Gasteiger partial charge in [0.15, 0.2) is 5.17 Å². The number of anilines is 1. The maximum Gasteiger partial charge on any atom is 0.275 e. The Bertz CT molecular complexity index is 810. The predicted octanol–water partition coefficient (Wildman–Crippen LogP) is 3.43. The Labute approximate surface area is 163 Å². The molecule has 3 rings (SSSR count). The van der Waals surface area contributed by atoms with Gasteiger partial charge in [0.25, 0.3) is 5.91 Å². The number of hydrogen-bond donors (Lipinski definition) is 2. The van der Waals surface area contributed by atoms with Gasteiger partial charge in [0.2, 0.25) is 5.88 Å². The van der Waals surface area contributed by atoms with Crippen LogP contribution in [0.3, 0.4) is 0 Å². The average Bonchev–Trinajstić information content (AvgIpc) is 2.69. The second-order valence-electron chi connectivity index (χ2n) is 5.80. The van der Waals surface area contributed by atoms with Crippen molar-refractivity contribution in [3.05, 3.63) is 47.9 Å². The van der Waals surface area contributed by atoms with E-state index >= 15 is 0 Å². The minimum Gasteiger partial charge on any atom is -0.480 e. The number of thioether (sulfide) groups is 1. The van der Waals surface area contributed by atoms with Crippen molar-refractivity contribution < 1.29 is 9.53 Å². The number of carbonyl (C=O) groups excluding carboxylic acids is 1. The summed E-state index contributed by atoms with van der Waals surface area (Å²) in [5, 5.41) is 3.43. The van der Waals surface area contributed by atoms with E-state index < -0.39 is 0 Å². The van der Waals surface area contributed by atoms with Crippen molar-refractivity contribution >= 4 is 28.5 Å². The number of nitrogens with zero attached hydrogens (tertiary/aromatic N) is 3. The molecule has 0 unspecified atom stereocenters. The number of carbonyl (C=O) groups is 1. The Morgan fingerprint density at radius 1 is 1.30 bits per heavy atom. The first kappa shape index (κ1) is 20.7. The third-order valence-corrected chi connectivity index (χ3v) is 4.80. The van der Waals surface area contributed by atoms with Gasteiger partial charge in [-0.2, -0.15) is 0 Å². The lowest BCUT2D eigenvalue weighted by atomic mass is 9.89. The fourth-order valence-corrected chi connectivity index (χ4v) is 3.54. The van der Waals surface area contributed by atoms with Crippen LogP contribution in [0.15, 0.2) is 41.7 Å². The van der Waals surface area contributed by atoms with E-state index in [0.717, 1.165) is 17.7 Å². The molecule has 3 N–H and O–H groups in total. The van der Waals surface area contributed by atoms with Crippen molar-refractivity contribution in [2.24, 2.45) is 10.7 Å². The molecule has 8 heteroatoms. The lowest BCUT2D eigenvalue weighted by molar-refractivity contribution is 0.102. The number of nitrogens with one attached hydrogen (secondary N) is 1. The Hall–Kier alpha value is -2.61. The van der Waals surface area contributed by atoms with Gasteiger partial charge < -0.3 is 15.8 Å². The first-order chi connectivity index (χ1) is 13.0. The fraction of sp³-hybridized carbons (Fsp3) is 0.368. The minimum absolute atomic E-state index is 0.216. The van der Waals surface area contributed by atoms with Gasteiger partial charge in [0.05, 0.1) is 25.0 Å². The van der Waals surface area contributed by atoms with E-state index in [1.165, 1.54) is 19.5 Å². The predicted molar refractivity (Wildman–Crippen MR) is 110 cm³/mol. The maximum atomic E-state index is 12.3. The highest BCUT2D eigenvalue weighted by Gasteiger charge is 2.29. The largest absolute Gasteiger partial charge is 0.480 e. The van der Waals surface area contributed by atoms with Gasteiger partial charge in [0.1, 0.15) is 5.69 Å². The van der Waals surface area contributed by atoms with Crippen molar-refractivity contribution in [1.82, 2.24) is 9.97 Å². The SMILES string of the molecule is CC.COc1cnc(C(=O)Nc2cccc([C@]3(C)CCSC(N)=N3)c2)cn1. The van der Waals surface area contributed by atoms with Crippen LogP contribution < -0.4 is 15.8 Å². The van der Waals surface area contributed by atoms with Crippen LogP contribution in [0.4, 0.5) is 5.69 Å². The third kappa shape index (κ3) is 5.19. The highest BCUT2D eigenvalue weighted by atomic mass is 32.2. The molecular weight excluding hydrogens is 362 g/mol. The van der Waals surface area contributed by atoms with E-state index in [0.29, 0.717) is 16.7 Å². The molecule has 0 aliphatic carbocycles. The summed E-state index contributed by atoms with van der Waals surface area (Å²) >= 11 is 1.56. The number of amides is 1. The highest BCUT2D eigenvalue weighted by molar-refractivity contribution is 8.13. The highest BCUT2D eigenvalue weighted by Crippen LogP contribution is 2.35. The summed E-state index contributed by atoms with van der Waals surface area (Å²) in [5.74, 6) is 0.945. The van der Waals surface area contributed by atoms with Crippen LogP contribution in [-0.2, 0) is 5.54 Å². The monoisotopic (exact) mass is 387 g/mol. The molecule has 0 saturated carbocycles. The number of methoxy groups -OCH3 is 1. The number of rotatable bonds is 4. The molecule has 0 fully saturated rings. The topological polar surface area (TPSA) is 102 Å². The number of nitrogens with two attached hydrogens (primary N) is 1. The number of amidine groups is 1. The summed E-state index contributed by atoms with van der Waals surface area (Å²) in [6.07, 6.45) is 3.67. The second-order valence-corrected chi connectivity index (χ2v) is 6.92. The number of benzene rings is 1. The summed E-state index contributed by atoms with van der Waals surface area (Å²) in [5.41, 5.74) is 7.40. The van der Waals surface area contributed by atoms with Gasteiger partial charge in [-0.3, -0.25) is 9.79 Å². The van der Waals surface area contributed by atoms with E-state index in [2.05, 4.69) is 27.2 Å². The Kier molecular flexibility index (Phi) is 7.18.